The van der Waals surface area contributed by atoms with Gasteiger partial charge in [-0.1, -0.05) is 35.9 Å². The van der Waals surface area contributed by atoms with Crippen LogP contribution >= 0.6 is 11.6 Å². The Morgan fingerprint density at radius 2 is 2.05 bits per heavy atom. The summed E-state index contributed by atoms with van der Waals surface area (Å²) in [5.74, 6) is 0.518. The normalized spacial score (nSPS) is 17.4. The number of carbonyl (C=O) groups excluding carboxylic acids is 1. The van der Waals surface area contributed by atoms with Gasteiger partial charge in [0.1, 0.15) is 17.3 Å². The molecule has 4 nitrogen and oxygen atoms in total. The molecule has 3 rings (SSSR count). The Labute approximate surface area is 122 Å². The van der Waals surface area contributed by atoms with Crippen molar-refractivity contribution in [2.75, 3.05) is 5.32 Å². The summed E-state index contributed by atoms with van der Waals surface area (Å²) in [5.41, 5.74) is 3.08. The van der Waals surface area contributed by atoms with Gasteiger partial charge in [0.15, 0.2) is 6.29 Å². The number of aryl methyl sites for hydroxylation is 1. The van der Waals surface area contributed by atoms with E-state index in [9.17, 15) is 4.79 Å². The van der Waals surface area contributed by atoms with E-state index >= 15 is 0 Å². The van der Waals surface area contributed by atoms with E-state index < -0.39 is 0 Å². The monoisotopic (exact) mass is 287 g/mol. The zero-order chi connectivity index (χ0) is 13.9. The SMILES string of the molecule is O=Cc1c(Cl)ncnc1NC1CCc2ccccc2C1. The smallest absolute Gasteiger partial charge is 0.156 e. The maximum atomic E-state index is 11.1. The molecule has 0 fully saturated rings. The predicted octanol–water partition coefficient (Wildman–Crippen LogP) is 2.91. The number of hydrogen-bond donors (Lipinski definition) is 1. The maximum Gasteiger partial charge on any atom is 0.156 e. The number of nitrogens with zero attached hydrogens (tertiary/aromatic N) is 2. The second-order valence-corrected chi connectivity index (χ2v) is 5.26. The third-order valence-corrected chi connectivity index (χ3v) is 3.94. The molecular weight excluding hydrogens is 274 g/mol. The fourth-order valence-electron chi connectivity index (χ4n) is 2.61. The number of aldehydes is 1. The van der Waals surface area contributed by atoms with Gasteiger partial charge in [0.2, 0.25) is 0 Å². The Balaban J connectivity index is 1.80. The maximum absolute atomic E-state index is 11.1. The lowest BCUT2D eigenvalue weighted by Gasteiger charge is -2.26. The fraction of sp³-hybridized carbons (Fsp3) is 0.267. The van der Waals surface area contributed by atoms with Crippen molar-refractivity contribution in [3.63, 3.8) is 0 Å². The summed E-state index contributed by atoms with van der Waals surface area (Å²) in [6, 6.07) is 8.70. The summed E-state index contributed by atoms with van der Waals surface area (Å²) in [4.78, 5) is 19.0. The minimum atomic E-state index is 0.189. The van der Waals surface area contributed by atoms with E-state index in [1.165, 1.54) is 17.5 Å². The molecule has 0 radical (unpaired) electrons. The molecule has 0 spiro atoms. The van der Waals surface area contributed by atoms with Crippen LogP contribution in [0.2, 0.25) is 5.15 Å². The number of rotatable bonds is 3. The van der Waals surface area contributed by atoms with Gasteiger partial charge in [-0.2, -0.15) is 0 Å². The van der Waals surface area contributed by atoms with Gasteiger partial charge in [-0.15, -0.1) is 0 Å². The van der Waals surface area contributed by atoms with Gasteiger partial charge in [0.05, 0.1) is 5.56 Å². The van der Waals surface area contributed by atoms with E-state index in [0.717, 1.165) is 19.3 Å². The second kappa shape index (κ2) is 5.59. The van der Waals surface area contributed by atoms with Gasteiger partial charge in [0, 0.05) is 6.04 Å². The lowest BCUT2D eigenvalue weighted by molar-refractivity contribution is 0.112. The Bertz CT molecular complexity index is 645. The molecule has 1 unspecified atom stereocenters. The summed E-state index contributed by atoms with van der Waals surface area (Å²) < 4.78 is 0. The van der Waals surface area contributed by atoms with E-state index in [2.05, 4.69) is 39.6 Å². The molecule has 1 N–H and O–H groups in total. The molecule has 1 heterocycles. The number of fused-ring (bicyclic) bond motifs is 1. The number of benzene rings is 1. The Kier molecular flexibility index (Phi) is 3.65. The van der Waals surface area contributed by atoms with Crippen LogP contribution in [0.3, 0.4) is 0 Å². The lowest BCUT2D eigenvalue weighted by Crippen LogP contribution is -2.28. The van der Waals surface area contributed by atoms with Crippen molar-refractivity contribution in [2.24, 2.45) is 0 Å². The predicted molar refractivity (Wildman–Crippen MR) is 78.3 cm³/mol. The molecule has 1 aliphatic rings. The summed E-state index contributed by atoms with van der Waals surface area (Å²) in [6.45, 7) is 0. The topological polar surface area (TPSA) is 54.9 Å². The molecule has 102 valence electrons. The Hall–Kier alpha value is -1.94. The molecule has 0 saturated heterocycles. The van der Waals surface area contributed by atoms with Gasteiger partial charge in [0.25, 0.3) is 0 Å². The van der Waals surface area contributed by atoms with Crippen LogP contribution in [0.4, 0.5) is 5.82 Å². The molecule has 1 aliphatic carbocycles. The third kappa shape index (κ3) is 2.51. The van der Waals surface area contributed by atoms with Crippen LogP contribution in [0.15, 0.2) is 30.6 Å². The molecule has 0 saturated carbocycles. The van der Waals surface area contributed by atoms with Gasteiger partial charge in [-0.3, -0.25) is 4.79 Å². The fourth-order valence-corrected chi connectivity index (χ4v) is 2.79. The average Bonchev–Trinajstić information content (AvgIpc) is 2.47. The molecular formula is C15H14ClN3O. The molecule has 2 aromatic rings. The molecule has 1 atom stereocenters. The highest BCUT2D eigenvalue weighted by atomic mass is 35.5. The van der Waals surface area contributed by atoms with Crippen molar-refractivity contribution < 1.29 is 4.79 Å². The van der Waals surface area contributed by atoms with Gasteiger partial charge in [-0.25, -0.2) is 9.97 Å². The first-order valence-electron chi connectivity index (χ1n) is 6.57. The number of carbonyl (C=O) groups is 1. The summed E-state index contributed by atoms with van der Waals surface area (Å²) in [5, 5.41) is 3.50. The first kappa shape index (κ1) is 13.1. The van der Waals surface area contributed by atoms with Gasteiger partial charge >= 0.3 is 0 Å². The zero-order valence-corrected chi connectivity index (χ0v) is 11.6. The minimum Gasteiger partial charge on any atom is -0.366 e. The number of aromatic nitrogens is 2. The summed E-state index contributed by atoms with van der Waals surface area (Å²) in [7, 11) is 0. The lowest BCUT2D eigenvalue weighted by atomic mass is 9.88. The molecule has 20 heavy (non-hydrogen) atoms. The number of hydrogen-bond acceptors (Lipinski definition) is 4. The molecule has 0 bridgehead atoms. The minimum absolute atomic E-state index is 0.189. The quantitative estimate of drug-likeness (QED) is 0.697. The standard InChI is InChI=1S/C15H14ClN3O/c16-14-13(8-20)15(18-9-17-14)19-12-6-5-10-3-1-2-4-11(10)7-12/h1-4,8-9,12H,5-7H2,(H,17,18,19). The molecule has 0 amide bonds. The van der Waals surface area contributed by atoms with Crippen molar-refractivity contribution in [3.05, 3.63) is 52.4 Å². The molecule has 5 heteroatoms. The van der Waals surface area contributed by atoms with Gasteiger partial charge < -0.3 is 5.32 Å². The highest BCUT2D eigenvalue weighted by molar-refractivity contribution is 6.32. The number of halogens is 1. The Morgan fingerprint density at radius 3 is 2.85 bits per heavy atom. The largest absolute Gasteiger partial charge is 0.366 e. The molecule has 0 aliphatic heterocycles. The molecule has 1 aromatic heterocycles. The Morgan fingerprint density at radius 1 is 1.25 bits per heavy atom. The van der Waals surface area contributed by atoms with Crippen LogP contribution in [0.5, 0.6) is 0 Å². The van der Waals surface area contributed by atoms with Crippen LogP contribution in [-0.4, -0.2) is 22.3 Å². The first-order chi connectivity index (χ1) is 9.78. The number of nitrogens with one attached hydrogen (secondary N) is 1. The number of anilines is 1. The van der Waals surface area contributed by atoms with E-state index in [0.29, 0.717) is 17.7 Å². The van der Waals surface area contributed by atoms with E-state index in [1.54, 1.807) is 0 Å². The third-order valence-electron chi connectivity index (χ3n) is 3.64. The van der Waals surface area contributed by atoms with Crippen LogP contribution < -0.4 is 5.32 Å². The van der Waals surface area contributed by atoms with Crippen molar-refractivity contribution in [1.29, 1.82) is 0 Å². The summed E-state index contributed by atoms with van der Waals surface area (Å²) in [6.07, 6.45) is 5.03. The van der Waals surface area contributed by atoms with Crippen LogP contribution in [-0.2, 0) is 12.8 Å². The van der Waals surface area contributed by atoms with Crippen molar-refractivity contribution >= 4 is 23.7 Å². The van der Waals surface area contributed by atoms with Crippen molar-refractivity contribution in [1.82, 2.24) is 9.97 Å². The van der Waals surface area contributed by atoms with Crippen LogP contribution in [0.25, 0.3) is 0 Å². The molecule has 1 aromatic carbocycles. The van der Waals surface area contributed by atoms with Gasteiger partial charge in [-0.05, 0) is 30.4 Å². The van der Waals surface area contributed by atoms with E-state index in [-0.39, 0.29) is 11.2 Å². The van der Waals surface area contributed by atoms with Crippen molar-refractivity contribution in [2.45, 2.75) is 25.3 Å². The first-order valence-corrected chi connectivity index (χ1v) is 6.94. The zero-order valence-electron chi connectivity index (χ0n) is 10.8. The van der Waals surface area contributed by atoms with Crippen LogP contribution in [0.1, 0.15) is 27.9 Å². The van der Waals surface area contributed by atoms with Crippen LogP contribution in [0, 0.1) is 0 Å². The second-order valence-electron chi connectivity index (χ2n) is 4.90. The van der Waals surface area contributed by atoms with Crippen molar-refractivity contribution in [3.8, 4) is 0 Å². The highest BCUT2D eigenvalue weighted by Gasteiger charge is 2.20. The highest BCUT2D eigenvalue weighted by Crippen LogP contribution is 2.25. The average molecular weight is 288 g/mol. The summed E-state index contributed by atoms with van der Waals surface area (Å²) >= 11 is 5.91. The van der Waals surface area contributed by atoms with E-state index in [1.807, 2.05) is 0 Å². The van der Waals surface area contributed by atoms with E-state index in [4.69, 9.17) is 11.6 Å².